The van der Waals surface area contributed by atoms with E-state index in [4.69, 9.17) is 9.47 Å². The minimum Gasteiger partial charge on any atom is -0.497 e. The number of hydrogen-bond donors (Lipinski definition) is 3. The van der Waals surface area contributed by atoms with Gasteiger partial charge < -0.3 is 14.8 Å². The Kier molecular flexibility index (Phi) is 8.47. The molecule has 1 aliphatic carbocycles. The molecule has 1 saturated carbocycles. The average Bonchev–Trinajstić information content (AvgIpc) is 2.83. The summed E-state index contributed by atoms with van der Waals surface area (Å²) in [5.41, 5.74) is 0.258. The highest BCUT2D eigenvalue weighted by atomic mass is 32.2. The highest BCUT2D eigenvalue weighted by Gasteiger charge is 2.20. The molecule has 1 aliphatic rings. The van der Waals surface area contributed by atoms with E-state index in [1.54, 1.807) is 12.1 Å². The second-order valence-corrected chi connectivity index (χ2v) is 9.48. The van der Waals surface area contributed by atoms with Crippen molar-refractivity contribution < 1.29 is 32.3 Å². The average molecular weight is 490 g/mol. The summed E-state index contributed by atoms with van der Waals surface area (Å²) in [7, 11) is -2.48. The lowest BCUT2D eigenvalue weighted by atomic mass is 9.96. The van der Waals surface area contributed by atoms with E-state index < -0.39 is 34.5 Å². The second-order valence-electron chi connectivity index (χ2n) is 7.79. The van der Waals surface area contributed by atoms with Crippen molar-refractivity contribution in [3.05, 3.63) is 54.1 Å². The van der Waals surface area contributed by atoms with Gasteiger partial charge in [-0.3, -0.25) is 14.8 Å². The Morgan fingerprint density at radius 3 is 2.38 bits per heavy atom. The van der Waals surface area contributed by atoms with Crippen LogP contribution < -0.4 is 20.1 Å². The fraction of sp³-hybridized carbons (Fsp3) is 0.348. The second kappa shape index (κ2) is 11.5. The van der Waals surface area contributed by atoms with Gasteiger partial charge in [-0.1, -0.05) is 25.3 Å². The first-order valence-electron chi connectivity index (χ1n) is 10.8. The molecule has 0 saturated heterocycles. The van der Waals surface area contributed by atoms with E-state index >= 15 is 0 Å². The molecule has 1 fully saturated rings. The van der Waals surface area contributed by atoms with Crippen LogP contribution in [0.15, 0.2) is 53.4 Å². The third-order valence-corrected chi connectivity index (χ3v) is 6.63. The predicted octanol–water partition coefficient (Wildman–Crippen LogP) is 2.81. The van der Waals surface area contributed by atoms with E-state index in [-0.39, 0.29) is 16.5 Å². The minimum absolute atomic E-state index is 0.0281. The molecular formula is C23H27N3O7S. The van der Waals surface area contributed by atoms with Crippen LogP contribution in [0, 0.1) is 0 Å². The zero-order valence-electron chi connectivity index (χ0n) is 18.7. The number of amides is 3. The predicted molar refractivity (Wildman–Crippen MR) is 124 cm³/mol. The van der Waals surface area contributed by atoms with Crippen LogP contribution in [0.2, 0.25) is 0 Å². The molecule has 34 heavy (non-hydrogen) atoms. The third-order valence-electron chi connectivity index (χ3n) is 5.25. The van der Waals surface area contributed by atoms with Crippen molar-refractivity contribution in [3.63, 3.8) is 0 Å². The SMILES string of the molecule is COc1ccc(NS(=O)(=O)c2cccc(C(=O)OCC(=O)NC(=O)NC3CCCCC3)c2)cc1. The molecule has 3 N–H and O–H groups in total. The number of urea groups is 1. The Morgan fingerprint density at radius 1 is 1.00 bits per heavy atom. The molecule has 2 aromatic rings. The van der Waals surface area contributed by atoms with E-state index in [1.807, 2.05) is 0 Å². The van der Waals surface area contributed by atoms with Crippen molar-refractivity contribution in [3.8, 4) is 5.75 Å². The number of methoxy groups -OCH3 is 1. The highest BCUT2D eigenvalue weighted by molar-refractivity contribution is 7.92. The monoisotopic (exact) mass is 489 g/mol. The van der Waals surface area contributed by atoms with Crippen LogP contribution in [-0.4, -0.2) is 46.1 Å². The molecule has 3 rings (SSSR count). The van der Waals surface area contributed by atoms with Gasteiger partial charge in [0.1, 0.15) is 5.75 Å². The molecule has 2 aromatic carbocycles. The van der Waals surface area contributed by atoms with Crippen LogP contribution in [0.5, 0.6) is 5.75 Å². The van der Waals surface area contributed by atoms with Gasteiger partial charge >= 0.3 is 12.0 Å². The third kappa shape index (κ3) is 7.20. The number of hydrogen-bond acceptors (Lipinski definition) is 7. The number of carbonyl (C=O) groups is 3. The van der Waals surface area contributed by atoms with Gasteiger partial charge in [0.25, 0.3) is 15.9 Å². The molecule has 0 heterocycles. The minimum atomic E-state index is -3.98. The molecule has 3 amide bonds. The largest absolute Gasteiger partial charge is 0.497 e. The fourth-order valence-electron chi connectivity index (χ4n) is 3.51. The quantitative estimate of drug-likeness (QED) is 0.484. The van der Waals surface area contributed by atoms with Gasteiger partial charge in [-0.25, -0.2) is 18.0 Å². The number of nitrogens with one attached hydrogen (secondary N) is 3. The maximum absolute atomic E-state index is 12.7. The Bertz CT molecular complexity index is 1130. The summed E-state index contributed by atoms with van der Waals surface area (Å²) in [6, 6.07) is 10.9. The van der Waals surface area contributed by atoms with E-state index in [0.717, 1.165) is 38.2 Å². The van der Waals surface area contributed by atoms with Crippen LogP contribution in [0.4, 0.5) is 10.5 Å². The molecule has 0 bridgehead atoms. The Hall–Kier alpha value is -3.60. The number of ether oxygens (including phenoxy) is 2. The number of benzene rings is 2. The number of rotatable bonds is 8. The van der Waals surface area contributed by atoms with Crippen molar-refractivity contribution in [2.45, 2.75) is 43.0 Å². The number of anilines is 1. The van der Waals surface area contributed by atoms with Crippen LogP contribution in [-0.2, 0) is 19.6 Å². The zero-order chi connectivity index (χ0) is 24.6. The Labute approximate surface area is 198 Å². The van der Waals surface area contributed by atoms with Crippen molar-refractivity contribution in [1.82, 2.24) is 10.6 Å². The summed E-state index contributed by atoms with van der Waals surface area (Å²) in [5, 5.41) is 4.85. The smallest absolute Gasteiger partial charge is 0.338 e. The lowest BCUT2D eigenvalue weighted by molar-refractivity contribution is -0.123. The molecule has 0 spiro atoms. The van der Waals surface area contributed by atoms with Crippen LogP contribution in [0.25, 0.3) is 0 Å². The first kappa shape index (κ1) is 25.0. The first-order chi connectivity index (χ1) is 16.3. The summed E-state index contributed by atoms with van der Waals surface area (Å²) < 4.78 is 37.7. The van der Waals surface area contributed by atoms with Gasteiger partial charge in [-0.2, -0.15) is 0 Å². The van der Waals surface area contributed by atoms with Crippen LogP contribution >= 0.6 is 0 Å². The van der Waals surface area contributed by atoms with Gasteiger partial charge in [-0.15, -0.1) is 0 Å². The lowest BCUT2D eigenvalue weighted by Crippen LogP contribution is -2.46. The molecule has 10 nitrogen and oxygen atoms in total. The normalized spacial score (nSPS) is 14.0. The van der Waals surface area contributed by atoms with Gasteiger partial charge in [0.2, 0.25) is 0 Å². The lowest BCUT2D eigenvalue weighted by Gasteiger charge is -2.22. The zero-order valence-corrected chi connectivity index (χ0v) is 19.5. The number of sulfonamides is 1. The van der Waals surface area contributed by atoms with Gasteiger partial charge in [-0.05, 0) is 55.3 Å². The van der Waals surface area contributed by atoms with Crippen molar-refractivity contribution >= 4 is 33.6 Å². The fourth-order valence-corrected chi connectivity index (χ4v) is 4.61. The van der Waals surface area contributed by atoms with E-state index in [1.165, 1.54) is 37.4 Å². The molecule has 0 aliphatic heterocycles. The molecule has 182 valence electrons. The summed E-state index contributed by atoms with van der Waals surface area (Å²) in [6.07, 6.45) is 4.92. The van der Waals surface area contributed by atoms with E-state index in [0.29, 0.717) is 11.4 Å². The van der Waals surface area contributed by atoms with Crippen molar-refractivity contribution in [1.29, 1.82) is 0 Å². The maximum Gasteiger partial charge on any atom is 0.338 e. The molecular weight excluding hydrogens is 462 g/mol. The van der Waals surface area contributed by atoms with Crippen LogP contribution in [0.1, 0.15) is 42.5 Å². The highest BCUT2D eigenvalue weighted by Crippen LogP contribution is 2.20. The number of imide groups is 1. The molecule has 0 atom stereocenters. The van der Waals surface area contributed by atoms with E-state index in [9.17, 15) is 22.8 Å². The summed E-state index contributed by atoms with van der Waals surface area (Å²) >= 11 is 0. The molecule has 0 aromatic heterocycles. The first-order valence-corrected chi connectivity index (χ1v) is 12.3. The molecule has 11 heteroatoms. The molecule has 0 radical (unpaired) electrons. The number of esters is 1. The standard InChI is InChI=1S/C23H27N3O7S/c1-32-19-12-10-18(11-13-19)26-34(30,31)20-9-5-6-16(14-20)22(28)33-15-21(27)25-23(29)24-17-7-3-2-4-8-17/h5-6,9-14,17,26H,2-4,7-8,15H2,1H3,(H2,24,25,27,29). The molecule has 0 unspecified atom stereocenters. The summed E-state index contributed by atoms with van der Waals surface area (Å²) in [5.74, 6) is -1.11. The van der Waals surface area contributed by atoms with Gasteiger partial charge in [0.05, 0.1) is 17.6 Å². The van der Waals surface area contributed by atoms with Crippen LogP contribution in [0.3, 0.4) is 0 Å². The van der Waals surface area contributed by atoms with Crippen molar-refractivity contribution in [2.24, 2.45) is 0 Å². The maximum atomic E-state index is 12.7. The summed E-state index contributed by atoms with van der Waals surface area (Å²) in [6.45, 7) is -0.683. The summed E-state index contributed by atoms with van der Waals surface area (Å²) in [4.78, 5) is 36.0. The Balaban J connectivity index is 1.54. The topological polar surface area (TPSA) is 140 Å². The van der Waals surface area contributed by atoms with Crippen molar-refractivity contribution in [2.75, 3.05) is 18.4 Å². The Morgan fingerprint density at radius 2 is 1.71 bits per heavy atom. The number of carbonyl (C=O) groups excluding carboxylic acids is 3. The van der Waals surface area contributed by atoms with Gasteiger partial charge in [0, 0.05) is 11.7 Å². The van der Waals surface area contributed by atoms with E-state index in [2.05, 4.69) is 15.4 Å². The van der Waals surface area contributed by atoms with Gasteiger partial charge in [0.15, 0.2) is 6.61 Å².